The number of aryl methyl sites for hydroxylation is 1. The van der Waals surface area contributed by atoms with Gasteiger partial charge in [0, 0.05) is 19.0 Å². The zero-order chi connectivity index (χ0) is 19.0. The number of para-hydroxylation sites is 1. The first-order valence-corrected chi connectivity index (χ1v) is 8.77. The summed E-state index contributed by atoms with van der Waals surface area (Å²) >= 11 is 0. The SMILES string of the molecule is CC(=O)N(Cc1ccc2c(c1)OCO2)Cc1cc2cccc(C)c2[nH]c1=O. The van der Waals surface area contributed by atoms with Crippen LogP contribution < -0.4 is 15.0 Å². The molecule has 1 N–H and O–H groups in total. The Hall–Kier alpha value is -3.28. The molecule has 1 aliphatic heterocycles. The molecular formula is C21H20N2O4. The molecule has 0 saturated carbocycles. The number of benzene rings is 2. The van der Waals surface area contributed by atoms with E-state index in [1.165, 1.54) is 6.92 Å². The van der Waals surface area contributed by atoms with Crippen LogP contribution in [0.5, 0.6) is 11.5 Å². The van der Waals surface area contributed by atoms with Gasteiger partial charge in [-0.25, -0.2) is 0 Å². The topological polar surface area (TPSA) is 71.6 Å². The number of carbonyl (C=O) groups excluding carboxylic acids is 1. The molecule has 138 valence electrons. The van der Waals surface area contributed by atoms with Crippen LogP contribution in [0.2, 0.25) is 0 Å². The van der Waals surface area contributed by atoms with E-state index in [0.29, 0.717) is 23.6 Å². The van der Waals surface area contributed by atoms with Gasteiger partial charge < -0.3 is 19.4 Å². The maximum Gasteiger partial charge on any atom is 0.253 e. The maximum absolute atomic E-state index is 12.5. The lowest BCUT2D eigenvalue weighted by Crippen LogP contribution is -2.30. The van der Waals surface area contributed by atoms with Crippen molar-refractivity contribution < 1.29 is 14.3 Å². The van der Waals surface area contributed by atoms with Crippen molar-refractivity contribution in [3.05, 3.63) is 69.5 Å². The molecule has 0 atom stereocenters. The smallest absolute Gasteiger partial charge is 0.253 e. The fraction of sp³-hybridized carbons (Fsp3) is 0.238. The average Bonchev–Trinajstić information content (AvgIpc) is 3.10. The van der Waals surface area contributed by atoms with E-state index in [0.717, 1.165) is 22.0 Å². The Morgan fingerprint density at radius 1 is 1.11 bits per heavy atom. The van der Waals surface area contributed by atoms with Gasteiger partial charge in [0.05, 0.1) is 12.1 Å². The summed E-state index contributed by atoms with van der Waals surface area (Å²) in [4.78, 5) is 29.3. The lowest BCUT2D eigenvalue weighted by atomic mass is 10.1. The molecule has 0 aliphatic carbocycles. The Morgan fingerprint density at radius 3 is 2.74 bits per heavy atom. The fourth-order valence-corrected chi connectivity index (χ4v) is 3.29. The summed E-state index contributed by atoms with van der Waals surface area (Å²) in [5, 5.41) is 0.955. The van der Waals surface area contributed by atoms with Gasteiger partial charge >= 0.3 is 0 Å². The molecule has 1 aliphatic rings. The van der Waals surface area contributed by atoms with Gasteiger partial charge in [-0.1, -0.05) is 24.3 Å². The lowest BCUT2D eigenvalue weighted by Gasteiger charge is -2.21. The van der Waals surface area contributed by atoms with E-state index in [2.05, 4.69) is 4.98 Å². The zero-order valence-corrected chi connectivity index (χ0v) is 15.2. The molecule has 6 nitrogen and oxygen atoms in total. The summed E-state index contributed by atoms with van der Waals surface area (Å²) in [7, 11) is 0. The highest BCUT2D eigenvalue weighted by molar-refractivity contribution is 5.82. The highest BCUT2D eigenvalue weighted by atomic mass is 16.7. The molecule has 1 amide bonds. The maximum atomic E-state index is 12.5. The van der Waals surface area contributed by atoms with Crippen LogP contribution in [0, 0.1) is 6.92 Å². The number of fused-ring (bicyclic) bond motifs is 2. The van der Waals surface area contributed by atoms with E-state index < -0.39 is 0 Å². The number of nitrogens with one attached hydrogen (secondary N) is 1. The molecule has 0 unspecified atom stereocenters. The number of nitrogens with zero attached hydrogens (tertiary/aromatic N) is 1. The molecule has 27 heavy (non-hydrogen) atoms. The zero-order valence-electron chi connectivity index (χ0n) is 15.2. The second kappa shape index (κ2) is 6.79. The molecule has 2 heterocycles. The Balaban J connectivity index is 1.62. The monoisotopic (exact) mass is 364 g/mol. The standard InChI is InChI=1S/C21H20N2O4/c1-13-4-3-5-16-9-17(21(25)22-20(13)16)11-23(14(2)24)10-15-6-7-18-19(8-15)27-12-26-18/h3-9H,10-12H2,1-2H3,(H,22,25). The number of H-pyrrole nitrogens is 1. The first-order valence-electron chi connectivity index (χ1n) is 8.77. The third kappa shape index (κ3) is 3.38. The van der Waals surface area contributed by atoms with Gasteiger partial charge in [0.1, 0.15) is 0 Å². The Bertz CT molecular complexity index is 1090. The van der Waals surface area contributed by atoms with E-state index in [1.807, 2.05) is 49.4 Å². The second-order valence-corrected chi connectivity index (χ2v) is 6.73. The van der Waals surface area contributed by atoms with Gasteiger partial charge in [0.15, 0.2) is 11.5 Å². The van der Waals surface area contributed by atoms with Gasteiger partial charge in [0.2, 0.25) is 12.7 Å². The molecule has 0 bridgehead atoms. The van der Waals surface area contributed by atoms with Gasteiger partial charge in [-0.2, -0.15) is 0 Å². The number of hydrogen-bond donors (Lipinski definition) is 1. The minimum Gasteiger partial charge on any atom is -0.454 e. The minimum absolute atomic E-state index is 0.101. The predicted molar refractivity (Wildman–Crippen MR) is 102 cm³/mol. The van der Waals surface area contributed by atoms with E-state index in [-0.39, 0.29) is 24.8 Å². The van der Waals surface area contributed by atoms with Crippen molar-refractivity contribution >= 4 is 16.8 Å². The average molecular weight is 364 g/mol. The molecule has 0 radical (unpaired) electrons. The van der Waals surface area contributed by atoms with Crippen molar-refractivity contribution in [1.82, 2.24) is 9.88 Å². The van der Waals surface area contributed by atoms with Crippen molar-refractivity contribution in [2.24, 2.45) is 0 Å². The number of ether oxygens (including phenoxy) is 2. The van der Waals surface area contributed by atoms with Crippen molar-refractivity contribution in [1.29, 1.82) is 0 Å². The number of aromatic nitrogens is 1. The van der Waals surface area contributed by atoms with Crippen LogP contribution in [0.15, 0.2) is 47.3 Å². The van der Waals surface area contributed by atoms with Crippen LogP contribution in [-0.2, 0) is 17.9 Å². The predicted octanol–water partition coefficient (Wildman–Crippen LogP) is 3.11. The summed E-state index contributed by atoms with van der Waals surface area (Å²) < 4.78 is 10.7. The van der Waals surface area contributed by atoms with Crippen LogP contribution in [0.1, 0.15) is 23.6 Å². The third-order valence-electron chi connectivity index (χ3n) is 4.78. The van der Waals surface area contributed by atoms with Crippen LogP contribution in [-0.4, -0.2) is 22.6 Å². The number of amides is 1. The molecule has 3 aromatic rings. The fourth-order valence-electron chi connectivity index (χ4n) is 3.29. The highest BCUT2D eigenvalue weighted by Crippen LogP contribution is 2.32. The minimum atomic E-state index is -0.172. The number of carbonyl (C=O) groups is 1. The quantitative estimate of drug-likeness (QED) is 0.772. The van der Waals surface area contributed by atoms with Gasteiger partial charge in [0.25, 0.3) is 5.56 Å². The second-order valence-electron chi connectivity index (χ2n) is 6.73. The molecule has 4 rings (SSSR count). The summed E-state index contributed by atoms with van der Waals surface area (Å²) in [6.45, 7) is 4.30. The molecule has 0 spiro atoms. The summed E-state index contributed by atoms with van der Waals surface area (Å²) in [5.74, 6) is 1.28. The van der Waals surface area contributed by atoms with E-state index >= 15 is 0 Å². The summed E-state index contributed by atoms with van der Waals surface area (Å²) in [6.07, 6.45) is 0. The van der Waals surface area contributed by atoms with Crippen LogP contribution in [0.4, 0.5) is 0 Å². The number of pyridine rings is 1. The van der Waals surface area contributed by atoms with Crippen molar-refractivity contribution in [3.8, 4) is 11.5 Å². The number of hydrogen-bond acceptors (Lipinski definition) is 4. The van der Waals surface area contributed by atoms with Crippen molar-refractivity contribution in [3.63, 3.8) is 0 Å². The van der Waals surface area contributed by atoms with Crippen LogP contribution in [0.25, 0.3) is 10.9 Å². The molecule has 1 aromatic heterocycles. The Morgan fingerprint density at radius 2 is 1.93 bits per heavy atom. The van der Waals surface area contributed by atoms with Crippen molar-refractivity contribution in [2.45, 2.75) is 26.9 Å². The summed E-state index contributed by atoms with van der Waals surface area (Å²) in [6, 6.07) is 13.3. The van der Waals surface area contributed by atoms with E-state index in [4.69, 9.17) is 9.47 Å². The van der Waals surface area contributed by atoms with Crippen LogP contribution >= 0.6 is 0 Å². The van der Waals surface area contributed by atoms with Gasteiger partial charge in [-0.15, -0.1) is 0 Å². The van der Waals surface area contributed by atoms with Crippen LogP contribution in [0.3, 0.4) is 0 Å². The first kappa shape index (κ1) is 17.1. The Labute approximate surface area is 156 Å². The molecular weight excluding hydrogens is 344 g/mol. The largest absolute Gasteiger partial charge is 0.454 e. The number of aromatic amines is 1. The van der Waals surface area contributed by atoms with Gasteiger partial charge in [-0.3, -0.25) is 9.59 Å². The number of rotatable bonds is 4. The normalized spacial score (nSPS) is 12.4. The first-order chi connectivity index (χ1) is 13.0. The van der Waals surface area contributed by atoms with Crippen molar-refractivity contribution in [2.75, 3.05) is 6.79 Å². The molecule has 6 heteroatoms. The molecule has 0 fully saturated rings. The Kier molecular flexibility index (Phi) is 4.32. The highest BCUT2D eigenvalue weighted by Gasteiger charge is 2.17. The van der Waals surface area contributed by atoms with E-state index in [9.17, 15) is 9.59 Å². The molecule has 2 aromatic carbocycles. The van der Waals surface area contributed by atoms with E-state index in [1.54, 1.807) is 4.90 Å². The van der Waals surface area contributed by atoms with Gasteiger partial charge in [-0.05, 0) is 41.6 Å². The lowest BCUT2D eigenvalue weighted by molar-refractivity contribution is -0.130. The third-order valence-corrected chi connectivity index (χ3v) is 4.78. The summed E-state index contributed by atoms with van der Waals surface area (Å²) in [5.41, 5.74) is 3.15. The molecule has 0 saturated heterocycles.